The van der Waals surface area contributed by atoms with Crippen LogP contribution in [0.4, 0.5) is 5.95 Å². The van der Waals surface area contributed by atoms with Gasteiger partial charge in [-0.3, -0.25) is 4.57 Å². The van der Waals surface area contributed by atoms with Gasteiger partial charge in [0.05, 0.1) is 6.04 Å². The van der Waals surface area contributed by atoms with Crippen molar-refractivity contribution in [1.82, 2.24) is 14.5 Å². The van der Waals surface area contributed by atoms with Gasteiger partial charge in [-0.05, 0) is 37.4 Å². The molecule has 0 aliphatic carbocycles. The number of pyridine rings is 1. The van der Waals surface area contributed by atoms with Crippen LogP contribution in [0, 0.1) is 6.92 Å². The Labute approximate surface area is 109 Å². The van der Waals surface area contributed by atoms with Crippen molar-refractivity contribution >= 4 is 28.4 Å². The van der Waals surface area contributed by atoms with Crippen LogP contribution in [-0.2, 0) is 0 Å². The molecule has 3 heterocycles. The van der Waals surface area contributed by atoms with Crippen molar-refractivity contribution in [3.05, 3.63) is 40.2 Å². The van der Waals surface area contributed by atoms with Crippen molar-refractivity contribution in [2.75, 3.05) is 5.73 Å². The molecule has 92 valence electrons. The lowest BCUT2D eigenvalue weighted by Gasteiger charge is -2.13. The normalized spacial score (nSPS) is 13.0. The molecule has 5 heteroatoms. The van der Waals surface area contributed by atoms with Crippen LogP contribution in [0.25, 0.3) is 11.2 Å². The van der Waals surface area contributed by atoms with Gasteiger partial charge in [-0.1, -0.05) is 6.07 Å². The highest BCUT2D eigenvalue weighted by molar-refractivity contribution is 7.10. The molecule has 0 fully saturated rings. The predicted octanol–water partition coefficient (Wildman–Crippen LogP) is 2.99. The van der Waals surface area contributed by atoms with Crippen LogP contribution in [0.5, 0.6) is 0 Å². The predicted molar refractivity (Wildman–Crippen MR) is 74.8 cm³/mol. The number of aromatic nitrogens is 3. The third kappa shape index (κ3) is 1.67. The fourth-order valence-electron chi connectivity index (χ4n) is 2.12. The fraction of sp³-hybridized carbons (Fsp3) is 0.231. The van der Waals surface area contributed by atoms with E-state index in [0.717, 1.165) is 16.9 Å². The molecule has 0 saturated heterocycles. The van der Waals surface area contributed by atoms with Crippen molar-refractivity contribution < 1.29 is 0 Å². The SMILES string of the molecule is Cc1ccc2nc(N)n(C(C)c3cccs3)c2n1. The summed E-state index contributed by atoms with van der Waals surface area (Å²) >= 11 is 1.72. The first-order valence-corrected chi connectivity index (χ1v) is 6.69. The number of imidazole rings is 1. The lowest BCUT2D eigenvalue weighted by molar-refractivity contribution is 0.673. The molecule has 2 N–H and O–H groups in total. The summed E-state index contributed by atoms with van der Waals surface area (Å²) in [6.07, 6.45) is 0. The molecule has 0 bridgehead atoms. The monoisotopic (exact) mass is 258 g/mol. The highest BCUT2D eigenvalue weighted by atomic mass is 32.1. The van der Waals surface area contributed by atoms with E-state index in [-0.39, 0.29) is 6.04 Å². The molecule has 18 heavy (non-hydrogen) atoms. The van der Waals surface area contributed by atoms with Gasteiger partial charge >= 0.3 is 0 Å². The lowest BCUT2D eigenvalue weighted by atomic mass is 10.2. The Kier molecular flexibility index (Phi) is 2.56. The van der Waals surface area contributed by atoms with Gasteiger partial charge in [0.25, 0.3) is 0 Å². The zero-order valence-electron chi connectivity index (χ0n) is 10.3. The third-order valence-electron chi connectivity index (χ3n) is 3.05. The Bertz CT molecular complexity index is 684. The van der Waals surface area contributed by atoms with Gasteiger partial charge in [-0.15, -0.1) is 11.3 Å². The van der Waals surface area contributed by atoms with E-state index in [0.29, 0.717) is 5.95 Å². The van der Waals surface area contributed by atoms with E-state index < -0.39 is 0 Å². The molecule has 3 aromatic heterocycles. The summed E-state index contributed by atoms with van der Waals surface area (Å²) in [4.78, 5) is 10.2. The maximum atomic E-state index is 6.03. The van der Waals surface area contributed by atoms with Crippen molar-refractivity contribution in [1.29, 1.82) is 0 Å². The minimum atomic E-state index is 0.157. The number of nitrogens with two attached hydrogens (primary N) is 1. The summed E-state index contributed by atoms with van der Waals surface area (Å²) in [5.41, 5.74) is 8.70. The molecular weight excluding hydrogens is 244 g/mol. The molecule has 0 amide bonds. The Morgan fingerprint density at radius 1 is 1.28 bits per heavy atom. The first-order chi connectivity index (χ1) is 8.66. The maximum Gasteiger partial charge on any atom is 0.203 e. The van der Waals surface area contributed by atoms with Crippen LogP contribution in [0.15, 0.2) is 29.6 Å². The van der Waals surface area contributed by atoms with E-state index in [2.05, 4.69) is 28.3 Å². The summed E-state index contributed by atoms with van der Waals surface area (Å²) < 4.78 is 1.99. The maximum absolute atomic E-state index is 6.03. The Morgan fingerprint density at radius 3 is 2.83 bits per heavy atom. The van der Waals surface area contributed by atoms with Crippen molar-refractivity contribution in [2.24, 2.45) is 0 Å². The number of anilines is 1. The number of rotatable bonds is 2. The second-order valence-corrected chi connectivity index (χ2v) is 5.31. The van der Waals surface area contributed by atoms with Crippen LogP contribution in [-0.4, -0.2) is 14.5 Å². The standard InChI is InChI=1S/C13H14N4S/c1-8-5-6-10-12(15-8)17(13(14)16-10)9(2)11-4-3-7-18-11/h3-7,9H,1-2H3,(H2,14,16). The van der Waals surface area contributed by atoms with Crippen LogP contribution in [0.1, 0.15) is 23.5 Å². The minimum Gasteiger partial charge on any atom is -0.369 e. The zero-order valence-corrected chi connectivity index (χ0v) is 11.1. The van der Waals surface area contributed by atoms with Crippen LogP contribution in [0.2, 0.25) is 0 Å². The van der Waals surface area contributed by atoms with Crippen LogP contribution < -0.4 is 5.73 Å². The average molecular weight is 258 g/mol. The molecule has 0 aromatic carbocycles. The number of nitrogen functional groups attached to an aromatic ring is 1. The van der Waals surface area contributed by atoms with Crippen molar-refractivity contribution in [2.45, 2.75) is 19.9 Å². The van der Waals surface area contributed by atoms with E-state index >= 15 is 0 Å². The van der Waals surface area contributed by atoms with Gasteiger partial charge in [0, 0.05) is 10.6 Å². The lowest BCUT2D eigenvalue weighted by Crippen LogP contribution is -2.09. The van der Waals surface area contributed by atoms with Gasteiger partial charge in [0.1, 0.15) is 5.52 Å². The van der Waals surface area contributed by atoms with Crippen molar-refractivity contribution in [3.63, 3.8) is 0 Å². The first kappa shape index (κ1) is 11.2. The number of fused-ring (bicyclic) bond motifs is 1. The number of aryl methyl sites for hydroxylation is 1. The van der Waals surface area contributed by atoms with E-state index in [4.69, 9.17) is 5.73 Å². The number of hydrogen-bond acceptors (Lipinski definition) is 4. The summed E-state index contributed by atoms with van der Waals surface area (Å²) in [6.45, 7) is 4.09. The van der Waals surface area contributed by atoms with Crippen molar-refractivity contribution in [3.8, 4) is 0 Å². The molecule has 0 aliphatic rings. The van der Waals surface area contributed by atoms with E-state index in [1.807, 2.05) is 29.7 Å². The summed E-state index contributed by atoms with van der Waals surface area (Å²) in [5.74, 6) is 0.518. The van der Waals surface area contributed by atoms with E-state index in [9.17, 15) is 0 Å². The largest absolute Gasteiger partial charge is 0.369 e. The molecule has 0 spiro atoms. The van der Waals surface area contributed by atoms with E-state index in [1.54, 1.807) is 11.3 Å². The van der Waals surface area contributed by atoms with Gasteiger partial charge < -0.3 is 5.73 Å². The first-order valence-electron chi connectivity index (χ1n) is 5.81. The van der Waals surface area contributed by atoms with Crippen LogP contribution in [0.3, 0.4) is 0 Å². The number of thiophene rings is 1. The molecule has 3 aromatic rings. The van der Waals surface area contributed by atoms with Gasteiger partial charge in [-0.2, -0.15) is 0 Å². The quantitative estimate of drug-likeness (QED) is 0.768. The second-order valence-electron chi connectivity index (χ2n) is 4.33. The smallest absolute Gasteiger partial charge is 0.203 e. The molecule has 4 nitrogen and oxygen atoms in total. The number of hydrogen-bond donors (Lipinski definition) is 1. The molecule has 0 aliphatic heterocycles. The van der Waals surface area contributed by atoms with Gasteiger partial charge in [-0.25, -0.2) is 9.97 Å². The molecule has 3 rings (SSSR count). The van der Waals surface area contributed by atoms with Gasteiger partial charge in [0.2, 0.25) is 5.95 Å². The Morgan fingerprint density at radius 2 is 2.11 bits per heavy atom. The summed E-state index contributed by atoms with van der Waals surface area (Å²) in [7, 11) is 0. The molecular formula is C13H14N4S. The topological polar surface area (TPSA) is 56.7 Å². The van der Waals surface area contributed by atoms with E-state index in [1.165, 1.54) is 4.88 Å². The van der Waals surface area contributed by atoms with Gasteiger partial charge in [0.15, 0.2) is 5.65 Å². The highest BCUT2D eigenvalue weighted by Gasteiger charge is 2.17. The minimum absolute atomic E-state index is 0.157. The second kappa shape index (κ2) is 4.10. The Balaban J connectivity index is 2.22. The average Bonchev–Trinajstić information content (AvgIpc) is 2.94. The molecule has 0 saturated carbocycles. The van der Waals surface area contributed by atoms with Crippen LogP contribution >= 0.6 is 11.3 Å². The number of nitrogens with zero attached hydrogens (tertiary/aromatic N) is 3. The Hall–Kier alpha value is -1.88. The fourth-order valence-corrected chi connectivity index (χ4v) is 2.90. The molecule has 1 unspecified atom stereocenters. The highest BCUT2D eigenvalue weighted by Crippen LogP contribution is 2.28. The molecule has 1 atom stereocenters. The summed E-state index contributed by atoms with van der Waals surface area (Å²) in [6, 6.07) is 8.23. The molecule has 0 radical (unpaired) electrons. The third-order valence-corrected chi connectivity index (χ3v) is 4.09. The zero-order chi connectivity index (χ0) is 12.7. The summed E-state index contributed by atoms with van der Waals surface area (Å²) in [5, 5.41) is 2.07.